The van der Waals surface area contributed by atoms with Crippen molar-refractivity contribution in [3.8, 4) is 11.4 Å². The average molecular weight is 254 g/mol. The SMILES string of the molecule is CCc1ccc(-c2nc(C(F)(F)F)cn2C)cc1. The van der Waals surface area contributed by atoms with Gasteiger partial charge in [-0.05, 0) is 12.0 Å². The van der Waals surface area contributed by atoms with E-state index in [1.807, 2.05) is 19.1 Å². The van der Waals surface area contributed by atoms with Gasteiger partial charge in [0.05, 0.1) is 0 Å². The highest BCUT2D eigenvalue weighted by Crippen LogP contribution is 2.30. The Balaban J connectivity index is 2.41. The summed E-state index contributed by atoms with van der Waals surface area (Å²) in [4.78, 5) is 3.64. The summed E-state index contributed by atoms with van der Waals surface area (Å²) in [5, 5.41) is 0. The Morgan fingerprint density at radius 2 is 1.78 bits per heavy atom. The molecule has 0 saturated carbocycles. The van der Waals surface area contributed by atoms with Crippen LogP contribution in [0.1, 0.15) is 18.2 Å². The maximum Gasteiger partial charge on any atom is 0.434 e. The molecule has 0 radical (unpaired) electrons. The van der Waals surface area contributed by atoms with Crippen LogP contribution in [0.4, 0.5) is 13.2 Å². The molecule has 0 N–H and O–H groups in total. The first-order valence-corrected chi connectivity index (χ1v) is 5.61. The number of hydrogen-bond acceptors (Lipinski definition) is 1. The van der Waals surface area contributed by atoms with Gasteiger partial charge in [-0.2, -0.15) is 13.2 Å². The van der Waals surface area contributed by atoms with E-state index in [-0.39, 0.29) is 0 Å². The van der Waals surface area contributed by atoms with Crippen molar-refractivity contribution in [3.05, 3.63) is 41.7 Å². The quantitative estimate of drug-likeness (QED) is 0.799. The van der Waals surface area contributed by atoms with Crippen LogP contribution in [-0.2, 0) is 19.6 Å². The van der Waals surface area contributed by atoms with Crippen LogP contribution in [0, 0.1) is 0 Å². The van der Waals surface area contributed by atoms with Crippen molar-refractivity contribution in [2.75, 3.05) is 0 Å². The average Bonchev–Trinajstić information content (AvgIpc) is 2.71. The number of aromatic nitrogens is 2. The monoisotopic (exact) mass is 254 g/mol. The predicted molar refractivity (Wildman–Crippen MR) is 63.0 cm³/mol. The van der Waals surface area contributed by atoms with Crippen molar-refractivity contribution in [2.24, 2.45) is 7.05 Å². The van der Waals surface area contributed by atoms with Gasteiger partial charge in [0.2, 0.25) is 0 Å². The summed E-state index contributed by atoms with van der Waals surface area (Å²) in [6.07, 6.45) is -2.50. The number of imidazole rings is 1. The van der Waals surface area contributed by atoms with Crippen LogP contribution < -0.4 is 0 Å². The van der Waals surface area contributed by atoms with E-state index >= 15 is 0 Å². The van der Waals surface area contributed by atoms with Gasteiger partial charge in [0.25, 0.3) is 0 Å². The number of hydrogen-bond donors (Lipinski definition) is 0. The Bertz CT molecular complexity index is 538. The van der Waals surface area contributed by atoms with Gasteiger partial charge in [-0.1, -0.05) is 31.2 Å². The molecule has 2 aromatic rings. The fraction of sp³-hybridized carbons (Fsp3) is 0.308. The summed E-state index contributed by atoms with van der Waals surface area (Å²) in [5.41, 5.74) is 0.966. The first-order chi connectivity index (χ1) is 8.41. The van der Waals surface area contributed by atoms with Crippen LogP contribution in [-0.4, -0.2) is 9.55 Å². The molecule has 0 aliphatic rings. The summed E-state index contributed by atoms with van der Waals surface area (Å²) in [6.45, 7) is 2.03. The van der Waals surface area contributed by atoms with Crippen LogP contribution in [0.15, 0.2) is 30.5 Å². The van der Waals surface area contributed by atoms with Gasteiger partial charge in [-0.3, -0.25) is 0 Å². The van der Waals surface area contributed by atoms with Gasteiger partial charge in [0.1, 0.15) is 5.82 Å². The standard InChI is InChI=1S/C13H13F3N2/c1-3-9-4-6-10(7-5-9)12-17-11(8-18(12)2)13(14,15)16/h4-8H,3H2,1-2H3. The van der Waals surface area contributed by atoms with Crippen LogP contribution in [0.3, 0.4) is 0 Å². The Kier molecular flexibility index (Phi) is 3.15. The smallest absolute Gasteiger partial charge is 0.333 e. The molecule has 5 heteroatoms. The van der Waals surface area contributed by atoms with E-state index in [9.17, 15) is 13.2 Å². The second-order valence-electron chi connectivity index (χ2n) is 4.11. The van der Waals surface area contributed by atoms with Gasteiger partial charge in [-0.15, -0.1) is 0 Å². The minimum absolute atomic E-state index is 0.324. The second kappa shape index (κ2) is 4.48. The van der Waals surface area contributed by atoms with Crippen LogP contribution >= 0.6 is 0 Å². The molecular weight excluding hydrogens is 241 g/mol. The van der Waals surface area contributed by atoms with Crippen molar-refractivity contribution in [2.45, 2.75) is 19.5 Å². The Morgan fingerprint density at radius 3 is 2.22 bits per heavy atom. The molecule has 0 saturated heterocycles. The zero-order chi connectivity index (χ0) is 13.3. The fourth-order valence-electron chi connectivity index (χ4n) is 1.76. The zero-order valence-electron chi connectivity index (χ0n) is 10.1. The molecule has 1 aromatic carbocycles. The lowest BCUT2D eigenvalue weighted by atomic mass is 10.1. The van der Waals surface area contributed by atoms with E-state index in [0.29, 0.717) is 11.4 Å². The lowest BCUT2D eigenvalue weighted by molar-refractivity contribution is -0.140. The third-order valence-corrected chi connectivity index (χ3v) is 2.79. The molecule has 0 spiro atoms. The first kappa shape index (κ1) is 12.7. The van der Waals surface area contributed by atoms with Gasteiger partial charge < -0.3 is 4.57 Å². The highest BCUT2D eigenvalue weighted by atomic mass is 19.4. The molecule has 0 amide bonds. The number of rotatable bonds is 2. The molecule has 96 valence electrons. The van der Waals surface area contributed by atoms with E-state index in [1.54, 1.807) is 19.2 Å². The van der Waals surface area contributed by atoms with E-state index in [2.05, 4.69) is 4.98 Å². The summed E-state index contributed by atoms with van der Waals surface area (Å²) in [7, 11) is 1.56. The third-order valence-electron chi connectivity index (χ3n) is 2.79. The topological polar surface area (TPSA) is 17.8 Å². The number of aryl methyl sites for hydroxylation is 2. The minimum atomic E-state index is -4.40. The lowest BCUT2D eigenvalue weighted by Crippen LogP contribution is -2.04. The van der Waals surface area contributed by atoms with E-state index in [4.69, 9.17) is 0 Å². The molecule has 0 unspecified atom stereocenters. The van der Waals surface area contributed by atoms with E-state index in [0.717, 1.165) is 18.2 Å². The zero-order valence-corrected chi connectivity index (χ0v) is 10.1. The van der Waals surface area contributed by atoms with E-state index < -0.39 is 11.9 Å². The molecule has 0 atom stereocenters. The first-order valence-electron chi connectivity index (χ1n) is 5.61. The normalized spacial score (nSPS) is 11.8. The predicted octanol–water partition coefficient (Wildman–Crippen LogP) is 3.67. The largest absolute Gasteiger partial charge is 0.434 e. The van der Waals surface area contributed by atoms with Crippen molar-refractivity contribution in [1.29, 1.82) is 0 Å². The van der Waals surface area contributed by atoms with Gasteiger partial charge in [0, 0.05) is 18.8 Å². The molecule has 2 nitrogen and oxygen atoms in total. The summed E-state index contributed by atoms with van der Waals surface area (Å²) < 4.78 is 39.0. The van der Waals surface area contributed by atoms with Crippen molar-refractivity contribution in [3.63, 3.8) is 0 Å². The molecule has 2 rings (SSSR count). The van der Waals surface area contributed by atoms with Crippen molar-refractivity contribution < 1.29 is 13.2 Å². The van der Waals surface area contributed by atoms with Crippen molar-refractivity contribution in [1.82, 2.24) is 9.55 Å². The van der Waals surface area contributed by atoms with Gasteiger partial charge in [0.15, 0.2) is 5.69 Å². The van der Waals surface area contributed by atoms with Crippen LogP contribution in [0.2, 0.25) is 0 Å². The minimum Gasteiger partial charge on any atom is -0.333 e. The molecule has 1 heterocycles. The molecule has 0 aliphatic heterocycles. The molecular formula is C13H13F3N2. The maximum atomic E-state index is 12.5. The highest BCUT2D eigenvalue weighted by molar-refractivity contribution is 5.56. The molecule has 0 fully saturated rings. The number of halogens is 3. The van der Waals surface area contributed by atoms with Crippen LogP contribution in [0.5, 0.6) is 0 Å². The van der Waals surface area contributed by atoms with Crippen molar-refractivity contribution >= 4 is 0 Å². The number of alkyl halides is 3. The Labute approximate surface area is 103 Å². The summed E-state index contributed by atoms with van der Waals surface area (Å²) in [6, 6.07) is 7.39. The molecule has 0 bridgehead atoms. The molecule has 0 aliphatic carbocycles. The second-order valence-corrected chi connectivity index (χ2v) is 4.11. The van der Waals surface area contributed by atoms with Gasteiger partial charge >= 0.3 is 6.18 Å². The van der Waals surface area contributed by atoms with Crippen LogP contribution in [0.25, 0.3) is 11.4 Å². The number of benzene rings is 1. The maximum absolute atomic E-state index is 12.5. The molecule has 18 heavy (non-hydrogen) atoms. The summed E-state index contributed by atoms with van der Waals surface area (Å²) >= 11 is 0. The Morgan fingerprint density at radius 1 is 1.17 bits per heavy atom. The highest BCUT2D eigenvalue weighted by Gasteiger charge is 2.34. The fourth-order valence-corrected chi connectivity index (χ4v) is 1.76. The van der Waals surface area contributed by atoms with Gasteiger partial charge in [-0.25, -0.2) is 4.98 Å². The molecule has 1 aromatic heterocycles. The third kappa shape index (κ3) is 2.39. The van der Waals surface area contributed by atoms with E-state index in [1.165, 1.54) is 4.57 Å². The Hall–Kier alpha value is -1.78. The number of nitrogens with zero attached hydrogens (tertiary/aromatic N) is 2. The summed E-state index contributed by atoms with van der Waals surface area (Å²) in [5.74, 6) is 0.324. The lowest BCUT2D eigenvalue weighted by Gasteiger charge is -2.02.